The van der Waals surface area contributed by atoms with E-state index in [0.29, 0.717) is 12.6 Å². The molecule has 1 aromatic carbocycles. The number of hydrogen-bond donors (Lipinski definition) is 3. The van der Waals surface area contributed by atoms with E-state index in [2.05, 4.69) is 46.8 Å². The van der Waals surface area contributed by atoms with Crippen LogP contribution in [0.3, 0.4) is 0 Å². The molecular weight excluding hydrogens is 386 g/mol. The first-order chi connectivity index (χ1) is 15.2. The second-order valence-electron chi connectivity index (χ2n) is 8.98. The molecule has 1 aromatic rings. The molecule has 6 heteroatoms. The van der Waals surface area contributed by atoms with Crippen LogP contribution < -0.4 is 16.0 Å². The Hall–Kier alpha value is -2.08. The van der Waals surface area contributed by atoms with E-state index in [1.165, 1.54) is 32.2 Å². The smallest absolute Gasteiger partial charge is 0.227 e. The van der Waals surface area contributed by atoms with Crippen molar-refractivity contribution in [1.29, 1.82) is 0 Å². The standard InChI is InChI=1S/C25H41N5O/c1-3-15-30-16-13-22(14-17-30)29-25(26-4-2)27-19-20-9-8-12-23(18-20)28-24(31)21-10-6-5-7-11-21/h8-9,12,18,21-22H,3-7,10-11,13-17,19H2,1-2H3,(H,28,31)(H2,26,27,29). The molecule has 2 fully saturated rings. The Bertz CT molecular complexity index is 706. The number of guanidine groups is 1. The molecule has 1 saturated heterocycles. The number of hydrogen-bond acceptors (Lipinski definition) is 3. The van der Waals surface area contributed by atoms with Crippen LogP contribution in [0.1, 0.15) is 70.8 Å². The summed E-state index contributed by atoms with van der Waals surface area (Å²) in [5.41, 5.74) is 1.99. The fourth-order valence-corrected chi connectivity index (χ4v) is 4.66. The third kappa shape index (κ3) is 7.84. The summed E-state index contributed by atoms with van der Waals surface area (Å²) in [6.45, 7) is 9.31. The van der Waals surface area contributed by atoms with E-state index < -0.39 is 0 Å². The number of amides is 1. The van der Waals surface area contributed by atoms with Crippen LogP contribution in [0.2, 0.25) is 0 Å². The lowest BCUT2D eigenvalue weighted by molar-refractivity contribution is -0.120. The lowest BCUT2D eigenvalue weighted by Crippen LogP contribution is -2.48. The third-order valence-electron chi connectivity index (χ3n) is 6.40. The molecular formula is C25H41N5O. The highest BCUT2D eigenvalue weighted by atomic mass is 16.1. The Morgan fingerprint density at radius 2 is 1.87 bits per heavy atom. The van der Waals surface area contributed by atoms with Gasteiger partial charge in [0.05, 0.1) is 6.54 Å². The van der Waals surface area contributed by atoms with E-state index in [1.807, 2.05) is 12.1 Å². The van der Waals surface area contributed by atoms with Crippen molar-refractivity contribution in [3.05, 3.63) is 29.8 Å². The van der Waals surface area contributed by atoms with Gasteiger partial charge in [-0.25, -0.2) is 4.99 Å². The maximum absolute atomic E-state index is 12.6. The van der Waals surface area contributed by atoms with Crippen molar-refractivity contribution in [2.45, 2.75) is 77.8 Å². The van der Waals surface area contributed by atoms with Crippen LogP contribution in [0, 0.1) is 5.92 Å². The molecule has 1 heterocycles. The van der Waals surface area contributed by atoms with Gasteiger partial charge in [-0.3, -0.25) is 4.79 Å². The Kier molecular flexibility index (Phi) is 9.66. The Balaban J connectivity index is 1.53. The number of nitrogens with one attached hydrogen (secondary N) is 3. The molecule has 0 unspecified atom stereocenters. The molecule has 1 aliphatic carbocycles. The summed E-state index contributed by atoms with van der Waals surface area (Å²) in [7, 11) is 0. The van der Waals surface area contributed by atoms with Crippen LogP contribution in [0.25, 0.3) is 0 Å². The van der Waals surface area contributed by atoms with Crippen LogP contribution in [-0.4, -0.2) is 49.0 Å². The van der Waals surface area contributed by atoms with E-state index in [0.717, 1.165) is 62.5 Å². The highest BCUT2D eigenvalue weighted by Crippen LogP contribution is 2.25. The number of nitrogens with zero attached hydrogens (tertiary/aromatic N) is 2. The van der Waals surface area contributed by atoms with Crippen molar-refractivity contribution in [3.8, 4) is 0 Å². The number of aliphatic imine (C=N–C) groups is 1. The largest absolute Gasteiger partial charge is 0.357 e. The highest BCUT2D eigenvalue weighted by Gasteiger charge is 2.21. The van der Waals surface area contributed by atoms with Crippen LogP contribution in [0.5, 0.6) is 0 Å². The van der Waals surface area contributed by atoms with Crippen molar-refractivity contribution < 1.29 is 4.79 Å². The maximum Gasteiger partial charge on any atom is 0.227 e. The number of carbonyl (C=O) groups is 1. The van der Waals surface area contributed by atoms with Gasteiger partial charge in [-0.2, -0.15) is 0 Å². The number of likely N-dealkylation sites (tertiary alicyclic amines) is 1. The van der Waals surface area contributed by atoms with Gasteiger partial charge in [0.2, 0.25) is 5.91 Å². The Morgan fingerprint density at radius 3 is 2.58 bits per heavy atom. The van der Waals surface area contributed by atoms with Gasteiger partial charge in [0.1, 0.15) is 0 Å². The number of carbonyl (C=O) groups excluding carboxylic acids is 1. The quantitative estimate of drug-likeness (QED) is 0.431. The third-order valence-corrected chi connectivity index (χ3v) is 6.40. The van der Waals surface area contributed by atoms with Gasteiger partial charge < -0.3 is 20.9 Å². The highest BCUT2D eigenvalue weighted by molar-refractivity contribution is 5.92. The predicted molar refractivity (Wildman–Crippen MR) is 129 cm³/mol. The molecule has 1 aliphatic heterocycles. The summed E-state index contributed by atoms with van der Waals surface area (Å²) in [4.78, 5) is 19.9. The van der Waals surface area contributed by atoms with Gasteiger partial charge in [-0.1, -0.05) is 38.3 Å². The predicted octanol–water partition coefficient (Wildman–Crippen LogP) is 4.13. The van der Waals surface area contributed by atoms with Crippen LogP contribution in [0.15, 0.2) is 29.3 Å². The number of benzene rings is 1. The Morgan fingerprint density at radius 1 is 1.10 bits per heavy atom. The van der Waals surface area contributed by atoms with Gasteiger partial charge >= 0.3 is 0 Å². The fraction of sp³-hybridized carbons (Fsp3) is 0.680. The van der Waals surface area contributed by atoms with Crippen molar-refractivity contribution in [2.75, 3.05) is 31.5 Å². The van der Waals surface area contributed by atoms with Crippen LogP contribution >= 0.6 is 0 Å². The second kappa shape index (κ2) is 12.7. The minimum absolute atomic E-state index is 0.170. The molecule has 1 saturated carbocycles. The van der Waals surface area contributed by atoms with E-state index in [-0.39, 0.29) is 11.8 Å². The minimum Gasteiger partial charge on any atom is -0.357 e. The molecule has 0 atom stereocenters. The number of piperidine rings is 1. The summed E-state index contributed by atoms with van der Waals surface area (Å²) in [5.74, 6) is 1.22. The van der Waals surface area contributed by atoms with Crippen molar-refractivity contribution >= 4 is 17.6 Å². The number of rotatable bonds is 8. The first-order valence-corrected chi connectivity index (χ1v) is 12.3. The van der Waals surface area contributed by atoms with Crippen molar-refractivity contribution in [3.63, 3.8) is 0 Å². The summed E-state index contributed by atoms with van der Waals surface area (Å²) < 4.78 is 0. The SMILES string of the molecule is CCCN1CCC(NC(=NCc2cccc(NC(=O)C3CCCCC3)c2)NCC)CC1. The van der Waals surface area contributed by atoms with E-state index >= 15 is 0 Å². The summed E-state index contributed by atoms with van der Waals surface area (Å²) >= 11 is 0. The first-order valence-electron chi connectivity index (χ1n) is 12.3. The van der Waals surface area contributed by atoms with Crippen molar-refractivity contribution in [2.24, 2.45) is 10.9 Å². The van der Waals surface area contributed by atoms with Gasteiger partial charge in [0.25, 0.3) is 0 Å². The zero-order valence-electron chi connectivity index (χ0n) is 19.5. The summed E-state index contributed by atoms with van der Waals surface area (Å²) in [6, 6.07) is 8.59. The molecule has 6 nitrogen and oxygen atoms in total. The fourth-order valence-electron chi connectivity index (χ4n) is 4.66. The average Bonchev–Trinajstić information content (AvgIpc) is 2.80. The zero-order chi connectivity index (χ0) is 21.9. The summed E-state index contributed by atoms with van der Waals surface area (Å²) in [6.07, 6.45) is 9.19. The summed E-state index contributed by atoms with van der Waals surface area (Å²) in [5, 5.41) is 10.1. The molecule has 0 radical (unpaired) electrons. The monoisotopic (exact) mass is 427 g/mol. The molecule has 3 rings (SSSR count). The van der Waals surface area contributed by atoms with E-state index in [4.69, 9.17) is 4.99 Å². The zero-order valence-corrected chi connectivity index (χ0v) is 19.5. The molecule has 0 aromatic heterocycles. The van der Waals surface area contributed by atoms with Gasteiger partial charge in [-0.05, 0) is 63.3 Å². The van der Waals surface area contributed by atoms with Crippen LogP contribution in [-0.2, 0) is 11.3 Å². The molecule has 1 amide bonds. The lowest BCUT2D eigenvalue weighted by Gasteiger charge is -2.32. The van der Waals surface area contributed by atoms with E-state index in [1.54, 1.807) is 0 Å². The maximum atomic E-state index is 12.6. The molecule has 3 N–H and O–H groups in total. The Labute approximate surface area is 188 Å². The molecule has 0 spiro atoms. The second-order valence-corrected chi connectivity index (χ2v) is 8.98. The minimum atomic E-state index is 0.170. The topological polar surface area (TPSA) is 68.8 Å². The van der Waals surface area contributed by atoms with E-state index in [9.17, 15) is 4.79 Å². The van der Waals surface area contributed by atoms with Gasteiger partial charge in [0, 0.05) is 37.3 Å². The van der Waals surface area contributed by atoms with Crippen LogP contribution in [0.4, 0.5) is 5.69 Å². The van der Waals surface area contributed by atoms with Gasteiger partial charge in [0.15, 0.2) is 5.96 Å². The van der Waals surface area contributed by atoms with Crippen molar-refractivity contribution in [1.82, 2.24) is 15.5 Å². The molecule has 172 valence electrons. The lowest BCUT2D eigenvalue weighted by atomic mass is 9.88. The van der Waals surface area contributed by atoms with Gasteiger partial charge in [-0.15, -0.1) is 0 Å². The molecule has 2 aliphatic rings. The number of anilines is 1. The average molecular weight is 428 g/mol. The molecule has 31 heavy (non-hydrogen) atoms. The molecule has 0 bridgehead atoms. The first kappa shape index (κ1) is 23.6. The normalized spacial score (nSPS) is 19.2.